The average Bonchev–Trinajstić information content (AvgIpc) is 2.93. The van der Waals surface area contributed by atoms with Crippen molar-refractivity contribution in [2.75, 3.05) is 18.9 Å². The van der Waals surface area contributed by atoms with Crippen LogP contribution in [-0.2, 0) is 14.2 Å². The summed E-state index contributed by atoms with van der Waals surface area (Å²) in [6.45, 7) is -1.80. The van der Waals surface area contributed by atoms with E-state index < -0.39 is 111 Å². The average molecular weight is 584 g/mol. The van der Waals surface area contributed by atoms with Crippen molar-refractivity contribution < 1.29 is 65.3 Å². The zero-order valence-corrected chi connectivity index (χ0v) is 21.0. The molecule has 0 saturated carbocycles. The van der Waals surface area contributed by atoms with E-state index in [2.05, 4.69) is 4.98 Å². The van der Waals surface area contributed by atoms with Gasteiger partial charge in [0.25, 0.3) is 0 Å². The van der Waals surface area contributed by atoms with Crippen molar-refractivity contribution >= 4 is 5.82 Å². The van der Waals surface area contributed by atoms with Gasteiger partial charge in [0.1, 0.15) is 73.0 Å². The largest absolute Gasteiger partial charge is 0.394 e. The molecule has 15 atom stereocenters. The van der Waals surface area contributed by atoms with E-state index in [1.165, 1.54) is 6.07 Å². The normalized spacial score (nSPS) is 38.8. The number of aliphatic hydroxyl groups excluding tert-OH is 10. The maximum absolute atomic E-state index is 12.4. The van der Waals surface area contributed by atoms with Crippen LogP contribution in [-0.4, -0.2) is 159 Å². The summed E-state index contributed by atoms with van der Waals surface area (Å²) >= 11 is 0. The van der Waals surface area contributed by atoms with Gasteiger partial charge in [-0.3, -0.25) is 4.57 Å². The van der Waals surface area contributed by atoms with Gasteiger partial charge >= 0.3 is 5.69 Å². The molecule has 0 spiro atoms. The summed E-state index contributed by atoms with van der Waals surface area (Å²) in [6, 6.07) is -1.90. The number of ether oxygens (including phenoxy) is 3. The van der Waals surface area contributed by atoms with Crippen LogP contribution in [0, 0.1) is 0 Å². The number of rotatable bonds is 10. The number of hydrogen-bond acceptors (Lipinski definition) is 18. The van der Waals surface area contributed by atoms with Crippen LogP contribution in [0.5, 0.6) is 0 Å². The van der Waals surface area contributed by atoms with E-state index in [0.29, 0.717) is 0 Å². The van der Waals surface area contributed by atoms with Crippen molar-refractivity contribution in [3.63, 3.8) is 0 Å². The molecule has 2 saturated heterocycles. The number of aliphatic hydroxyl groups is 10. The van der Waals surface area contributed by atoms with Gasteiger partial charge in [0.05, 0.1) is 25.3 Å². The molecule has 2 fully saturated rings. The lowest BCUT2D eigenvalue weighted by molar-refractivity contribution is -0.326. The molecule has 0 bridgehead atoms. The molecule has 19 heteroatoms. The predicted octanol–water partition coefficient (Wildman–Crippen LogP) is -8.64. The number of nitrogens with zero attached hydrogens (tertiary/aromatic N) is 2. The first-order valence-electron chi connectivity index (χ1n) is 12.2. The summed E-state index contributed by atoms with van der Waals surface area (Å²) in [7, 11) is 0. The SMILES string of the molecule is Nc1ccn([C@@H]2O[C@@H]([C@H](O[C@H]3O[C@H](CO)[C@@H](O)[C@H](N)[C@H]3O)[C@H](O)[C@H](O)[C@H](O)[C@H](O)CO)[C@H](N)[C@@H](O)[C@H]2O)c(=O)n1. The van der Waals surface area contributed by atoms with E-state index >= 15 is 0 Å². The van der Waals surface area contributed by atoms with Crippen molar-refractivity contribution in [3.8, 4) is 0 Å². The standard InChI is InChI=1S/C21H37N5O14/c22-7-1-2-26(21(37)25-7)19-16(36)12(32)9(24)17(39-19)18(15(35)14(34)10(30)5(29)3-27)40-20-13(33)8(23)11(31)6(4-28)38-20/h1-2,5-6,8-20,27-36H,3-4,23-24H2,(H2,22,25,37)/t5-,6-,8+,9-,10-,11-,12-,13-,14-,15-,16-,17-,18-,19-,20-/m1/s1. The minimum absolute atomic E-state index is 0.170. The number of hydrogen-bond donors (Lipinski definition) is 13. The Balaban J connectivity index is 2.02. The second-order valence-corrected chi connectivity index (χ2v) is 9.70. The number of nitrogens with two attached hydrogens (primary N) is 3. The fourth-order valence-corrected chi connectivity index (χ4v) is 4.54. The van der Waals surface area contributed by atoms with Gasteiger partial charge < -0.3 is 82.5 Å². The van der Waals surface area contributed by atoms with E-state index in [1.54, 1.807) is 0 Å². The van der Waals surface area contributed by atoms with Gasteiger partial charge in [0.15, 0.2) is 12.5 Å². The second kappa shape index (κ2) is 13.4. The first kappa shape index (κ1) is 32.6. The van der Waals surface area contributed by atoms with Gasteiger partial charge in [-0.25, -0.2) is 4.79 Å². The highest BCUT2D eigenvalue weighted by Crippen LogP contribution is 2.33. The third-order valence-corrected chi connectivity index (χ3v) is 7.01. The van der Waals surface area contributed by atoms with Crippen molar-refractivity contribution in [2.24, 2.45) is 11.5 Å². The van der Waals surface area contributed by atoms with Gasteiger partial charge in [-0.05, 0) is 6.07 Å². The third-order valence-electron chi connectivity index (χ3n) is 7.01. The topological polar surface area (TPSA) is 343 Å². The summed E-state index contributed by atoms with van der Waals surface area (Å²) in [5.74, 6) is -0.170. The molecule has 0 unspecified atom stereocenters. The summed E-state index contributed by atoms with van der Waals surface area (Å²) in [5, 5.41) is 102. The molecule has 0 aromatic carbocycles. The van der Waals surface area contributed by atoms with Gasteiger partial charge in [-0.1, -0.05) is 0 Å². The molecule has 40 heavy (non-hydrogen) atoms. The van der Waals surface area contributed by atoms with Crippen LogP contribution in [0.15, 0.2) is 17.1 Å². The van der Waals surface area contributed by atoms with Crippen molar-refractivity contribution in [2.45, 2.75) is 91.7 Å². The van der Waals surface area contributed by atoms with Crippen molar-refractivity contribution in [1.82, 2.24) is 9.55 Å². The molecule has 0 amide bonds. The third kappa shape index (κ3) is 6.43. The van der Waals surface area contributed by atoms with Crippen LogP contribution in [0.2, 0.25) is 0 Å². The lowest BCUT2D eigenvalue weighted by Crippen LogP contribution is -2.69. The Morgan fingerprint density at radius 1 is 0.925 bits per heavy atom. The molecule has 0 radical (unpaired) electrons. The van der Waals surface area contributed by atoms with Crippen LogP contribution in [0.25, 0.3) is 0 Å². The second-order valence-electron chi connectivity index (χ2n) is 9.70. The van der Waals surface area contributed by atoms with E-state index in [-0.39, 0.29) is 5.82 Å². The molecule has 1 aromatic heterocycles. The highest BCUT2D eigenvalue weighted by molar-refractivity contribution is 5.23. The van der Waals surface area contributed by atoms with Crippen LogP contribution in [0.3, 0.4) is 0 Å². The predicted molar refractivity (Wildman–Crippen MR) is 129 cm³/mol. The molecule has 16 N–H and O–H groups in total. The molecular formula is C21H37N5O14. The molecule has 0 aliphatic carbocycles. The van der Waals surface area contributed by atoms with Crippen LogP contribution >= 0.6 is 0 Å². The Bertz CT molecular complexity index is 1020. The van der Waals surface area contributed by atoms with Crippen LogP contribution in [0.1, 0.15) is 6.23 Å². The summed E-state index contributed by atoms with van der Waals surface area (Å²) in [6.07, 6.45) is -23.4. The van der Waals surface area contributed by atoms with E-state index in [9.17, 15) is 50.8 Å². The Labute approximate surface area is 226 Å². The lowest BCUT2D eigenvalue weighted by Gasteiger charge is -2.48. The van der Waals surface area contributed by atoms with Crippen LogP contribution < -0.4 is 22.9 Å². The monoisotopic (exact) mass is 583 g/mol. The molecule has 1 aromatic rings. The Morgan fingerprint density at radius 3 is 2.15 bits per heavy atom. The summed E-state index contributed by atoms with van der Waals surface area (Å²) in [4.78, 5) is 15.9. The molecule has 2 aliphatic heterocycles. The zero-order valence-electron chi connectivity index (χ0n) is 21.0. The van der Waals surface area contributed by atoms with Crippen LogP contribution in [0.4, 0.5) is 5.82 Å². The minimum Gasteiger partial charge on any atom is -0.394 e. The molecule has 3 heterocycles. The first-order chi connectivity index (χ1) is 18.7. The molecule has 3 rings (SSSR count). The number of anilines is 1. The van der Waals surface area contributed by atoms with Crippen molar-refractivity contribution in [3.05, 3.63) is 22.7 Å². The van der Waals surface area contributed by atoms with E-state index in [0.717, 1.165) is 10.8 Å². The summed E-state index contributed by atoms with van der Waals surface area (Å²) < 4.78 is 17.5. The van der Waals surface area contributed by atoms with Gasteiger partial charge in [-0.2, -0.15) is 4.98 Å². The fourth-order valence-electron chi connectivity index (χ4n) is 4.54. The highest BCUT2D eigenvalue weighted by atomic mass is 16.7. The molecule has 2 aliphatic rings. The molecular weight excluding hydrogens is 546 g/mol. The Hall–Kier alpha value is -1.92. The first-order valence-corrected chi connectivity index (χ1v) is 12.2. The maximum atomic E-state index is 12.4. The Kier molecular flexibility index (Phi) is 10.9. The quantitative estimate of drug-likeness (QED) is 0.121. The zero-order chi connectivity index (χ0) is 30.0. The summed E-state index contributed by atoms with van der Waals surface area (Å²) in [5.41, 5.74) is 16.3. The number of aromatic nitrogens is 2. The van der Waals surface area contributed by atoms with E-state index in [4.69, 9.17) is 36.5 Å². The van der Waals surface area contributed by atoms with Crippen molar-refractivity contribution in [1.29, 1.82) is 0 Å². The highest BCUT2D eigenvalue weighted by Gasteiger charge is 2.53. The minimum atomic E-state index is -2.29. The van der Waals surface area contributed by atoms with Gasteiger partial charge in [0, 0.05) is 6.20 Å². The molecule has 19 nitrogen and oxygen atoms in total. The smallest absolute Gasteiger partial charge is 0.351 e. The lowest BCUT2D eigenvalue weighted by atomic mass is 9.87. The Morgan fingerprint density at radius 2 is 1.57 bits per heavy atom. The van der Waals surface area contributed by atoms with Gasteiger partial charge in [-0.15, -0.1) is 0 Å². The van der Waals surface area contributed by atoms with Gasteiger partial charge in [0.2, 0.25) is 0 Å². The molecule has 230 valence electrons. The van der Waals surface area contributed by atoms with E-state index in [1.807, 2.05) is 0 Å². The fraction of sp³-hybridized carbons (Fsp3) is 0.810. The number of nitrogen functional groups attached to an aromatic ring is 1. The maximum Gasteiger partial charge on any atom is 0.351 e.